The van der Waals surface area contributed by atoms with Gasteiger partial charge in [0.25, 0.3) is 0 Å². The molecule has 0 radical (unpaired) electrons. The Morgan fingerprint density at radius 3 is 2.40 bits per heavy atom. The molecule has 7 nitrogen and oxygen atoms in total. The topological polar surface area (TPSA) is 69.2 Å². The summed E-state index contributed by atoms with van der Waals surface area (Å²) < 4.78 is 5.61. The average Bonchev–Trinajstić information content (AvgIpc) is 3.31. The van der Waals surface area contributed by atoms with Crippen molar-refractivity contribution in [3.05, 3.63) is 29.8 Å². The summed E-state index contributed by atoms with van der Waals surface area (Å²) in [5, 5.41) is 6.62. The quantitative estimate of drug-likeness (QED) is 0.323. The number of carbonyl (C=O) groups is 1. The Labute approximate surface area is 197 Å². The second-order valence-corrected chi connectivity index (χ2v) is 7.75. The van der Waals surface area contributed by atoms with E-state index < -0.39 is 0 Å². The molecule has 30 heavy (non-hydrogen) atoms. The van der Waals surface area contributed by atoms with Crippen LogP contribution in [0.25, 0.3) is 0 Å². The minimum atomic E-state index is 0. The van der Waals surface area contributed by atoms with Crippen molar-refractivity contribution in [3.63, 3.8) is 0 Å². The summed E-state index contributed by atoms with van der Waals surface area (Å²) in [4.78, 5) is 21.2. The first-order valence-electron chi connectivity index (χ1n) is 10.8. The first-order valence-corrected chi connectivity index (χ1v) is 10.8. The van der Waals surface area contributed by atoms with Crippen molar-refractivity contribution in [2.75, 3.05) is 53.4 Å². The lowest BCUT2D eigenvalue weighted by Gasteiger charge is -2.30. The fourth-order valence-electron chi connectivity index (χ4n) is 4.26. The molecular formula is C22H36IN5O2. The molecule has 2 heterocycles. The number of aliphatic imine (C=N–C) groups is 1. The van der Waals surface area contributed by atoms with Crippen molar-refractivity contribution in [2.24, 2.45) is 4.99 Å². The largest absolute Gasteiger partial charge is 0.496 e. The number of rotatable bonds is 7. The second-order valence-electron chi connectivity index (χ2n) is 7.75. The van der Waals surface area contributed by atoms with Gasteiger partial charge in [0.1, 0.15) is 5.75 Å². The van der Waals surface area contributed by atoms with E-state index in [9.17, 15) is 4.79 Å². The molecule has 8 heteroatoms. The van der Waals surface area contributed by atoms with E-state index in [1.165, 1.54) is 24.8 Å². The van der Waals surface area contributed by atoms with E-state index in [-0.39, 0.29) is 42.5 Å². The van der Waals surface area contributed by atoms with Gasteiger partial charge in [-0.05, 0) is 51.3 Å². The number of ether oxygens (including phenoxy) is 1. The minimum Gasteiger partial charge on any atom is -0.496 e. The van der Waals surface area contributed by atoms with Crippen molar-refractivity contribution in [3.8, 4) is 5.75 Å². The number of nitrogens with zero attached hydrogens (tertiary/aromatic N) is 3. The maximum atomic E-state index is 12.4. The Kier molecular flexibility index (Phi) is 10.7. The third kappa shape index (κ3) is 6.73. The summed E-state index contributed by atoms with van der Waals surface area (Å²) in [5.41, 5.74) is 1.18. The standard InChI is InChI=1S/C22H35N5O2.HI/c1-23-22(25-17-21(28)27-14-6-3-7-15-27)24-16-19(26-12-8-9-13-26)18-10-4-5-11-20(18)29-2;/h4-5,10-11,19H,3,6-9,12-17H2,1-2H3,(H2,23,24,25);1H. The molecule has 2 N–H and O–H groups in total. The summed E-state index contributed by atoms with van der Waals surface area (Å²) in [6.07, 6.45) is 5.89. The number of nitrogens with one attached hydrogen (secondary N) is 2. The number of hydrogen-bond acceptors (Lipinski definition) is 4. The number of likely N-dealkylation sites (tertiary alicyclic amines) is 2. The third-order valence-corrected chi connectivity index (χ3v) is 5.88. The molecule has 2 aliphatic rings. The maximum Gasteiger partial charge on any atom is 0.241 e. The van der Waals surface area contributed by atoms with E-state index in [1.54, 1.807) is 14.2 Å². The molecule has 1 amide bonds. The molecule has 1 atom stereocenters. The Morgan fingerprint density at radius 1 is 1.07 bits per heavy atom. The van der Waals surface area contributed by atoms with Crippen LogP contribution in [-0.2, 0) is 4.79 Å². The molecule has 0 aliphatic carbocycles. The van der Waals surface area contributed by atoms with Crippen LogP contribution in [-0.4, -0.2) is 75.1 Å². The van der Waals surface area contributed by atoms with Crippen LogP contribution in [0.1, 0.15) is 43.7 Å². The van der Waals surface area contributed by atoms with Crippen LogP contribution >= 0.6 is 24.0 Å². The van der Waals surface area contributed by atoms with Gasteiger partial charge >= 0.3 is 0 Å². The zero-order valence-electron chi connectivity index (χ0n) is 18.2. The van der Waals surface area contributed by atoms with Crippen LogP contribution < -0.4 is 15.4 Å². The van der Waals surface area contributed by atoms with Gasteiger partial charge < -0.3 is 20.3 Å². The molecule has 2 aliphatic heterocycles. The first-order chi connectivity index (χ1) is 14.2. The predicted octanol–water partition coefficient (Wildman–Crippen LogP) is 2.63. The number of carbonyl (C=O) groups excluding carboxylic acids is 1. The summed E-state index contributed by atoms with van der Waals surface area (Å²) in [5.74, 6) is 1.72. The Hall–Kier alpha value is -1.55. The molecule has 0 bridgehead atoms. The van der Waals surface area contributed by atoms with Gasteiger partial charge in [0.2, 0.25) is 5.91 Å². The number of halogens is 1. The smallest absolute Gasteiger partial charge is 0.241 e. The van der Waals surface area contributed by atoms with Gasteiger partial charge in [0.05, 0.1) is 19.7 Å². The van der Waals surface area contributed by atoms with Crippen LogP contribution in [0.3, 0.4) is 0 Å². The van der Waals surface area contributed by atoms with Crippen LogP contribution in [0.15, 0.2) is 29.3 Å². The highest BCUT2D eigenvalue weighted by Crippen LogP contribution is 2.31. The van der Waals surface area contributed by atoms with Gasteiger partial charge in [-0.25, -0.2) is 0 Å². The van der Waals surface area contributed by atoms with E-state index in [0.29, 0.717) is 12.5 Å². The zero-order chi connectivity index (χ0) is 20.5. The van der Waals surface area contributed by atoms with E-state index in [0.717, 1.165) is 44.8 Å². The van der Waals surface area contributed by atoms with Crippen LogP contribution in [0.2, 0.25) is 0 Å². The van der Waals surface area contributed by atoms with E-state index in [1.807, 2.05) is 17.0 Å². The van der Waals surface area contributed by atoms with Gasteiger partial charge in [0.15, 0.2) is 5.96 Å². The van der Waals surface area contributed by atoms with Crippen molar-refractivity contribution in [1.82, 2.24) is 20.4 Å². The average molecular weight is 529 g/mol. The highest BCUT2D eigenvalue weighted by atomic mass is 127. The molecule has 3 rings (SSSR count). The number of piperidine rings is 1. The van der Waals surface area contributed by atoms with E-state index in [2.05, 4.69) is 32.7 Å². The van der Waals surface area contributed by atoms with Crippen LogP contribution in [0.4, 0.5) is 0 Å². The maximum absolute atomic E-state index is 12.4. The summed E-state index contributed by atoms with van der Waals surface area (Å²) in [6.45, 7) is 4.91. The first kappa shape index (κ1) is 24.7. The summed E-state index contributed by atoms with van der Waals surface area (Å²) in [7, 11) is 3.47. The number of hydrogen-bond donors (Lipinski definition) is 2. The van der Waals surface area contributed by atoms with Crippen molar-refractivity contribution in [2.45, 2.75) is 38.1 Å². The number of guanidine groups is 1. The van der Waals surface area contributed by atoms with Gasteiger partial charge in [-0.2, -0.15) is 0 Å². The summed E-state index contributed by atoms with van der Waals surface area (Å²) >= 11 is 0. The zero-order valence-corrected chi connectivity index (χ0v) is 20.6. The lowest BCUT2D eigenvalue weighted by molar-refractivity contribution is -0.130. The molecule has 0 aromatic heterocycles. The highest BCUT2D eigenvalue weighted by molar-refractivity contribution is 14.0. The normalized spacial score (nSPS) is 18.5. The predicted molar refractivity (Wildman–Crippen MR) is 132 cm³/mol. The molecule has 2 saturated heterocycles. The number of para-hydroxylation sites is 1. The molecule has 168 valence electrons. The van der Waals surface area contributed by atoms with Crippen molar-refractivity contribution >= 4 is 35.8 Å². The number of amides is 1. The van der Waals surface area contributed by atoms with Crippen molar-refractivity contribution in [1.29, 1.82) is 0 Å². The number of benzene rings is 1. The Bertz CT molecular complexity index is 688. The Balaban J connectivity index is 0.00000320. The molecule has 2 fully saturated rings. The van der Waals surface area contributed by atoms with Gasteiger partial charge in [-0.15, -0.1) is 24.0 Å². The number of methoxy groups -OCH3 is 1. The SMILES string of the molecule is CN=C(NCC(=O)N1CCCCC1)NCC(c1ccccc1OC)N1CCCC1.I. The molecule has 1 unspecified atom stereocenters. The second kappa shape index (κ2) is 13.0. The molecule has 0 saturated carbocycles. The fraction of sp³-hybridized carbons (Fsp3) is 0.636. The molecular weight excluding hydrogens is 493 g/mol. The lowest BCUT2D eigenvalue weighted by atomic mass is 10.0. The van der Waals surface area contributed by atoms with Crippen LogP contribution in [0, 0.1) is 0 Å². The van der Waals surface area contributed by atoms with Crippen LogP contribution in [0.5, 0.6) is 5.75 Å². The molecule has 1 aromatic rings. The van der Waals surface area contributed by atoms with E-state index >= 15 is 0 Å². The summed E-state index contributed by atoms with van der Waals surface area (Å²) in [6, 6.07) is 8.42. The van der Waals surface area contributed by atoms with E-state index in [4.69, 9.17) is 4.74 Å². The molecule has 0 spiro atoms. The van der Waals surface area contributed by atoms with Gasteiger partial charge in [0, 0.05) is 32.2 Å². The minimum absolute atomic E-state index is 0. The molecule has 1 aromatic carbocycles. The lowest BCUT2D eigenvalue weighted by Crippen LogP contribution is -2.47. The highest BCUT2D eigenvalue weighted by Gasteiger charge is 2.26. The monoisotopic (exact) mass is 529 g/mol. The Morgan fingerprint density at radius 2 is 1.73 bits per heavy atom. The third-order valence-electron chi connectivity index (χ3n) is 5.88. The van der Waals surface area contributed by atoms with Crippen molar-refractivity contribution < 1.29 is 9.53 Å². The van der Waals surface area contributed by atoms with Gasteiger partial charge in [-0.3, -0.25) is 14.7 Å². The fourth-order valence-corrected chi connectivity index (χ4v) is 4.26. The van der Waals surface area contributed by atoms with Gasteiger partial charge in [-0.1, -0.05) is 18.2 Å².